The lowest BCUT2D eigenvalue weighted by molar-refractivity contribution is 0.000668. The van der Waals surface area contributed by atoms with Crippen LogP contribution in [0.5, 0.6) is 0 Å². The van der Waals surface area contributed by atoms with E-state index < -0.39 is 5.60 Å². The first-order chi connectivity index (χ1) is 11.0. The number of piperidine rings is 1. The monoisotopic (exact) mass is 315 g/mol. The molecule has 0 spiro atoms. The first kappa shape index (κ1) is 15.9. The van der Waals surface area contributed by atoms with E-state index in [-0.39, 0.29) is 0 Å². The van der Waals surface area contributed by atoms with Crippen LogP contribution in [0.15, 0.2) is 24.8 Å². The van der Waals surface area contributed by atoms with Crippen molar-refractivity contribution in [1.82, 2.24) is 19.5 Å². The van der Waals surface area contributed by atoms with Gasteiger partial charge in [-0.1, -0.05) is 13.8 Å². The highest BCUT2D eigenvalue weighted by Gasteiger charge is 2.37. The molecule has 0 aromatic carbocycles. The number of aromatic nitrogens is 4. The van der Waals surface area contributed by atoms with Crippen LogP contribution in [0, 0.1) is 5.92 Å². The van der Waals surface area contributed by atoms with Crippen molar-refractivity contribution >= 4 is 5.82 Å². The molecule has 3 rings (SSSR count). The zero-order valence-electron chi connectivity index (χ0n) is 14.1. The Morgan fingerprint density at radius 1 is 1.22 bits per heavy atom. The molecule has 6 heteroatoms. The highest BCUT2D eigenvalue weighted by atomic mass is 16.3. The van der Waals surface area contributed by atoms with Crippen LogP contribution in [-0.4, -0.2) is 37.7 Å². The normalized spacial score (nSPS) is 17.7. The maximum absolute atomic E-state index is 10.9. The van der Waals surface area contributed by atoms with Crippen molar-refractivity contribution in [2.24, 2.45) is 13.0 Å². The highest BCUT2D eigenvalue weighted by Crippen LogP contribution is 2.32. The molecular formula is C17H25N5O. The Labute approximate surface area is 137 Å². The number of hydrogen-bond donors (Lipinski definition) is 1. The third-order valence-corrected chi connectivity index (χ3v) is 4.48. The summed E-state index contributed by atoms with van der Waals surface area (Å²) in [5, 5.41) is 10.9. The van der Waals surface area contributed by atoms with Gasteiger partial charge in [-0.05, 0) is 12.3 Å². The molecule has 124 valence electrons. The van der Waals surface area contributed by atoms with Gasteiger partial charge in [-0.3, -0.25) is 0 Å². The summed E-state index contributed by atoms with van der Waals surface area (Å²) in [4.78, 5) is 15.3. The minimum Gasteiger partial charge on any atom is -0.382 e. The van der Waals surface area contributed by atoms with Crippen LogP contribution in [0.1, 0.15) is 38.2 Å². The van der Waals surface area contributed by atoms with Crippen LogP contribution in [0.25, 0.3) is 0 Å². The quantitative estimate of drug-likeness (QED) is 0.933. The van der Waals surface area contributed by atoms with E-state index >= 15 is 0 Å². The Bertz CT molecular complexity index is 659. The lowest BCUT2D eigenvalue weighted by Gasteiger charge is -2.38. The van der Waals surface area contributed by atoms with Crippen LogP contribution >= 0.6 is 0 Å². The lowest BCUT2D eigenvalue weighted by Crippen LogP contribution is -2.44. The number of anilines is 1. The Kier molecular flexibility index (Phi) is 4.35. The van der Waals surface area contributed by atoms with Crippen LogP contribution in [-0.2, 0) is 19.1 Å². The molecule has 0 aliphatic carbocycles. The van der Waals surface area contributed by atoms with Gasteiger partial charge < -0.3 is 14.6 Å². The maximum atomic E-state index is 10.9. The molecule has 1 N–H and O–H groups in total. The summed E-state index contributed by atoms with van der Waals surface area (Å²) >= 11 is 0. The molecule has 0 unspecified atom stereocenters. The van der Waals surface area contributed by atoms with Crippen LogP contribution < -0.4 is 4.90 Å². The zero-order chi connectivity index (χ0) is 16.4. The summed E-state index contributed by atoms with van der Waals surface area (Å²) in [7, 11) is 1.93. The molecular weight excluding hydrogens is 290 g/mol. The zero-order valence-corrected chi connectivity index (χ0v) is 14.1. The van der Waals surface area contributed by atoms with Gasteiger partial charge in [0, 0.05) is 57.1 Å². The average molecular weight is 315 g/mol. The van der Waals surface area contributed by atoms with E-state index in [9.17, 15) is 5.11 Å². The first-order valence-electron chi connectivity index (χ1n) is 8.24. The Morgan fingerprint density at radius 3 is 2.57 bits per heavy atom. The van der Waals surface area contributed by atoms with E-state index in [1.54, 1.807) is 12.5 Å². The van der Waals surface area contributed by atoms with Gasteiger partial charge in [0.1, 0.15) is 23.6 Å². The number of aliphatic hydroxyl groups is 1. The fourth-order valence-electron chi connectivity index (χ4n) is 3.23. The molecule has 0 radical (unpaired) electrons. The second kappa shape index (κ2) is 6.28. The fourth-order valence-corrected chi connectivity index (χ4v) is 3.23. The summed E-state index contributed by atoms with van der Waals surface area (Å²) in [6.07, 6.45) is 7.53. The predicted octanol–water partition coefficient (Wildman–Crippen LogP) is 1.90. The average Bonchev–Trinajstić information content (AvgIpc) is 2.95. The molecule has 1 fully saturated rings. The first-order valence-corrected chi connectivity index (χ1v) is 8.24. The number of rotatable bonds is 4. The topological polar surface area (TPSA) is 67.1 Å². The van der Waals surface area contributed by atoms with Crippen molar-refractivity contribution in [3.63, 3.8) is 0 Å². The Morgan fingerprint density at radius 2 is 1.96 bits per heavy atom. The van der Waals surface area contributed by atoms with E-state index in [4.69, 9.17) is 0 Å². The molecule has 0 bridgehead atoms. The van der Waals surface area contributed by atoms with Crippen molar-refractivity contribution in [1.29, 1.82) is 0 Å². The lowest BCUT2D eigenvalue weighted by atomic mass is 9.90. The smallest absolute Gasteiger partial charge is 0.140 e. The second-order valence-corrected chi connectivity index (χ2v) is 6.85. The Balaban J connectivity index is 1.71. The number of aryl methyl sites for hydroxylation is 1. The third kappa shape index (κ3) is 3.37. The summed E-state index contributed by atoms with van der Waals surface area (Å²) in [5.74, 6) is 2.28. The molecule has 0 atom stereocenters. The minimum absolute atomic E-state index is 0.576. The molecule has 1 aliphatic heterocycles. The largest absolute Gasteiger partial charge is 0.382 e. The molecule has 0 saturated carbocycles. The fraction of sp³-hybridized carbons (Fsp3) is 0.588. The summed E-state index contributed by atoms with van der Waals surface area (Å²) < 4.78 is 1.90. The van der Waals surface area contributed by atoms with Gasteiger partial charge in [-0.2, -0.15) is 0 Å². The van der Waals surface area contributed by atoms with Gasteiger partial charge in [-0.15, -0.1) is 0 Å². The summed E-state index contributed by atoms with van der Waals surface area (Å²) in [6.45, 7) is 5.91. The van der Waals surface area contributed by atoms with E-state index in [1.165, 1.54) is 0 Å². The third-order valence-electron chi connectivity index (χ3n) is 4.48. The number of nitrogens with zero attached hydrogens (tertiary/aromatic N) is 5. The molecule has 2 aromatic heterocycles. The minimum atomic E-state index is -0.845. The molecule has 0 amide bonds. The Hall–Kier alpha value is -1.95. The van der Waals surface area contributed by atoms with Crippen molar-refractivity contribution in [3.05, 3.63) is 36.3 Å². The van der Waals surface area contributed by atoms with Gasteiger partial charge in [0.05, 0.1) is 0 Å². The van der Waals surface area contributed by atoms with E-state index in [0.29, 0.717) is 18.8 Å². The van der Waals surface area contributed by atoms with E-state index in [0.717, 1.165) is 36.8 Å². The maximum Gasteiger partial charge on any atom is 0.140 e. The SMILES string of the molecule is CC(C)Cc1cc(N2CCC(O)(c3nccn3C)CC2)ncn1. The second-order valence-electron chi connectivity index (χ2n) is 6.85. The van der Waals surface area contributed by atoms with Crippen molar-refractivity contribution in [2.45, 2.75) is 38.7 Å². The standard InChI is InChI=1S/C17H25N5O/c1-13(2)10-14-11-15(20-12-19-14)22-7-4-17(23,5-8-22)16-18-6-9-21(16)3/h6,9,11-13,23H,4-5,7-8,10H2,1-3H3. The summed E-state index contributed by atoms with van der Waals surface area (Å²) in [6, 6.07) is 2.07. The van der Waals surface area contributed by atoms with Gasteiger partial charge in [0.2, 0.25) is 0 Å². The molecule has 1 saturated heterocycles. The van der Waals surface area contributed by atoms with E-state index in [1.807, 2.05) is 17.8 Å². The van der Waals surface area contributed by atoms with Crippen molar-refractivity contribution in [2.75, 3.05) is 18.0 Å². The van der Waals surface area contributed by atoms with Crippen LogP contribution in [0.4, 0.5) is 5.82 Å². The van der Waals surface area contributed by atoms with Gasteiger partial charge in [0.25, 0.3) is 0 Å². The van der Waals surface area contributed by atoms with Crippen molar-refractivity contribution < 1.29 is 5.11 Å². The molecule has 2 aromatic rings. The summed E-state index contributed by atoms with van der Waals surface area (Å²) in [5.41, 5.74) is 0.234. The molecule has 6 nitrogen and oxygen atoms in total. The number of imidazole rings is 1. The molecule has 1 aliphatic rings. The van der Waals surface area contributed by atoms with Crippen LogP contribution in [0.3, 0.4) is 0 Å². The van der Waals surface area contributed by atoms with E-state index in [2.05, 4.69) is 39.8 Å². The highest BCUT2D eigenvalue weighted by molar-refractivity contribution is 5.40. The molecule has 3 heterocycles. The van der Waals surface area contributed by atoms with Gasteiger partial charge in [-0.25, -0.2) is 15.0 Å². The number of hydrogen-bond acceptors (Lipinski definition) is 5. The predicted molar refractivity (Wildman–Crippen MR) is 89.1 cm³/mol. The molecule has 23 heavy (non-hydrogen) atoms. The van der Waals surface area contributed by atoms with Gasteiger partial charge >= 0.3 is 0 Å². The van der Waals surface area contributed by atoms with Crippen molar-refractivity contribution in [3.8, 4) is 0 Å². The van der Waals surface area contributed by atoms with Crippen LogP contribution in [0.2, 0.25) is 0 Å². The van der Waals surface area contributed by atoms with Gasteiger partial charge in [0.15, 0.2) is 0 Å².